The van der Waals surface area contributed by atoms with Gasteiger partial charge in [0, 0.05) is 5.57 Å². The van der Waals surface area contributed by atoms with Crippen molar-refractivity contribution >= 4 is 17.5 Å². The Bertz CT molecular complexity index is 950. The summed E-state index contributed by atoms with van der Waals surface area (Å²) in [6, 6.07) is 17.8. The van der Waals surface area contributed by atoms with Crippen LogP contribution in [0.1, 0.15) is 44.6 Å². The Morgan fingerprint density at radius 3 is 2.45 bits per heavy atom. The Morgan fingerprint density at radius 1 is 1.00 bits per heavy atom. The van der Waals surface area contributed by atoms with Gasteiger partial charge in [-0.2, -0.15) is 0 Å². The van der Waals surface area contributed by atoms with Gasteiger partial charge in [0.2, 0.25) is 0 Å². The first-order valence-corrected chi connectivity index (χ1v) is 12.7. The number of para-hydroxylation sites is 1. The van der Waals surface area contributed by atoms with E-state index >= 15 is 0 Å². The number of hydrogen-bond acceptors (Lipinski definition) is 5. The minimum absolute atomic E-state index is 0.0191. The van der Waals surface area contributed by atoms with Crippen LogP contribution in [-0.2, 0) is 11.2 Å². The monoisotopic (exact) mass is 466 g/mol. The minimum atomic E-state index is -1.18. The molecule has 1 aliphatic carbocycles. The Hall–Kier alpha value is -2.50. The Morgan fingerprint density at radius 2 is 1.76 bits per heavy atom. The molecule has 1 aliphatic rings. The summed E-state index contributed by atoms with van der Waals surface area (Å²) in [6.07, 6.45) is 8.44. The summed E-state index contributed by atoms with van der Waals surface area (Å²) in [5, 5.41) is 11.4. The highest BCUT2D eigenvalue weighted by atomic mass is 32.2. The van der Waals surface area contributed by atoms with Gasteiger partial charge in [-0.15, -0.1) is 11.8 Å². The van der Waals surface area contributed by atoms with Crippen LogP contribution in [-0.4, -0.2) is 36.0 Å². The van der Waals surface area contributed by atoms with E-state index in [1.807, 2.05) is 55.5 Å². The number of methoxy groups -OCH3 is 1. The average molecular weight is 467 g/mol. The van der Waals surface area contributed by atoms with E-state index < -0.39 is 5.60 Å². The smallest absolute Gasteiger partial charge is 0.198 e. The number of ether oxygens (including phenoxy) is 2. The second kappa shape index (κ2) is 12.7. The van der Waals surface area contributed by atoms with Crippen molar-refractivity contribution < 1.29 is 19.4 Å². The lowest BCUT2D eigenvalue weighted by Crippen LogP contribution is -2.28. The van der Waals surface area contributed by atoms with Crippen molar-refractivity contribution in [3.8, 4) is 11.5 Å². The average Bonchev–Trinajstić information content (AvgIpc) is 3.07. The molecule has 176 valence electrons. The molecule has 1 unspecified atom stereocenters. The molecule has 2 aromatic carbocycles. The molecule has 0 aliphatic heterocycles. The Labute approximate surface area is 201 Å². The van der Waals surface area contributed by atoms with E-state index in [0.717, 1.165) is 49.4 Å². The fraction of sp³-hybridized carbons (Fsp3) is 0.393. The van der Waals surface area contributed by atoms with Gasteiger partial charge in [0.25, 0.3) is 0 Å². The van der Waals surface area contributed by atoms with Gasteiger partial charge in [0.05, 0.1) is 18.6 Å². The molecule has 33 heavy (non-hydrogen) atoms. The fourth-order valence-corrected chi connectivity index (χ4v) is 4.81. The highest BCUT2D eigenvalue weighted by molar-refractivity contribution is 8.04. The SMILES string of the molecule is CCSC1=CC(O)(CCCCOc2ccccc2)/C(=C/CCCc2ccc(OC)cc2)C1=O. The maximum Gasteiger partial charge on any atom is 0.198 e. The van der Waals surface area contributed by atoms with E-state index in [0.29, 0.717) is 23.5 Å². The third-order valence-corrected chi connectivity index (χ3v) is 6.65. The zero-order valence-electron chi connectivity index (χ0n) is 19.6. The van der Waals surface area contributed by atoms with Crippen molar-refractivity contribution in [3.63, 3.8) is 0 Å². The number of allylic oxidation sites excluding steroid dienone is 2. The second-order valence-corrected chi connectivity index (χ2v) is 9.48. The summed E-state index contributed by atoms with van der Waals surface area (Å²) in [7, 11) is 1.66. The molecule has 0 aromatic heterocycles. The van der Waals surface area contributed by atoms with E-state index in [1.54, 1.807) is 13.2 Å². The summed E-state index contributed by atoms with van der Waals surface area (Å²) in [5.74, 6) is 2.49. The van der Waals surface area contributed by atoms with Gasteiger partial charge >= 0.3 is 0 Å². The number of thioether (sulfide) groups is 1. The second-order valence-electron chi connectivity index (χ2n) is 8.17. The van der Waals surface area contributed by atoms with Crippen molar-refractivity contribution in [2.24, 2.45) is 0 Å². The first-order chi connectivity index (χ1) is 16.1. The van der Waals surface area contributed by atoms with Crippen molar-refractivity contribution in [3.05, 3.63) is 82.8 Å². The Kier molecular flexibility index (Phi) is 9.64. The molecule has 0 radical (unpaired) electrons. The van der Waals surface area contributed by atoms with E-state index in [9.17, 15) is 9.90 Å². The van der Waals surface area contributed by atoms with E-state index in [-0.39, 0.29) is 5.78 Å². The fourth-order valence-electron chi connectivity index (χ4n) is 3.98. The largest absolute Gasteiger partial charge is 0.497 e. The Balaban J connectivity index is 1.54. The molecule has 5 heteroatoms. The van der Waals surface area contributed by atoms with Crippen LogP contribution in [0.25, 0.3) is 0 Å². The van der Waals surface area contributed by atoms with Gasteiger partial charge in [-0.1, -0.05) is 43.3 Å². The number of Topliss-reactive ketones (excluding diaryl/α,β-unsaturated/α-hetero) is 1. The van der Waals surface area contributed by atoms with Crippen LogP contribution in [0.15, 0.2) is 77.2 Å². The van der Waals surface area contributed by atoms with Crippen molar-refractivity contribution in [2.75, 3.05) is 19.5 Å². The lowest BCUT2D eigenvalue weighted by Gasteiger charge is -2.22. The van der Waals surface area contributed by atoms with Crippen LogP contribution in [0.3, 0.4) is 0 Å². The highest BCUT2D eigenvalue weighted by Crippen LogP contribution is 2.39. The van der Waals surface area contributed by atoms with Crippen LogP contribution in [0.2, 0.25) is 0 Å². The lowest BCUT2D eigenvalue weighted by atomic mass is 9.89. The molecule has 0 spiro atoms. The topological polar surface area (TPSA) is 55.8 Å². The van der Waals surface area contributed by atoms with Gasteiger partial charge in [-0.05, 0) is 80.2 Å². The predicted molar refractivity (Wildman–Crippen MR) is 136 cm³/mol. The predicted octanol–water partition coefficient (Wildman–Crippen LogP) is 6.14. The third-order valence-electron chi connectivity index (χ3n) is 5.75. The number of carbonyl (C=O) groups excluding carboxylic acids is 1. The molecule has 0 saturated carbocycles. The summed E-state index contributed by atoms with van der Waals surface area (Å²) >= 11 is 1.51. The quantitative estimate of drug-likeness (QED) is 0.284. The summed E-state index contributed by atoms with van der Waals surface area (Å²) in [5.41, 5.74) is 0.597. The summed E-state index contributed by atoms with van der Waals surface area (Å²) < 4.78 is 11.0. The summed E-state index contributed by atoms with van der Waals surface area (Å²) in [4.78, 5) is 13.6. The normalized spacial score (nSPS) is 19.1. The van der Waals surface area contributed by atoms with E-state index in [4.69, 9.17) is 9.47 Å². The zero-order valence-corrected chi connectivity index (χ0v) is 20.4. The van der Waals surface area contributed by atoms with Gasteiger partial charge in [0.1, 0.15) is 17.1 Å². The first-order valence-electron chi connectivity index (χ1n) is 11.7. The van der Waals surface area contributed by atoms with Gasteiger partial charge in [-0.3, -0.25) is 4.79 Å². The van der Waals surface area contributed by atoms with Crippen molar-refractivity contribution in [1.82, 2.24) is 0 Å². The molecule has 2 aromatic rings. The molecule has 4 nitrogen and oxygen atoms in total. The molecule has 0 fully saturated rings. The van der Waals surface area contributed by atoms with Gasteiger partial charge < -0.3 is 14.6 Å². The maximum absolute atomic E-state index is 13.0. The number of rotatable bonds is 13. The maximum atomic E-state index is 13.0. The van der Waals surface area contributed by atoms with Gasteiger partial charge in [-0.25, -0.2) is 0 Å². The number of ketones is 1. The molecule has 3 rings (SSSR count). The zero-order chi connectivity index (χ0) is 23.5. The number of carbonyl (C=O) groups is 1. The molecular weight excluding hydrogens is 432 g/mol. The molecule has 1 N–H and O–H groups in total. The third kappa shape index (κ3) is 7.24. The van der Waals surface area contributed by atoms with Crippen LogP contribution in [0, 0.1) is 0 Å². The number of hydrogen-bond donors (Lipinski definition) is 1. The van der Waals surface area contributed by atoms with Crippen LogP contribution < -0.4 is 9.47 Å². The summed E-state index contributed by atoms with van der Waals surface area (Å²) in [6.45, 7) is 2.62. The molecule has 0 heterocycles. The van der Waals surface area contributed by atoms with Crippen LogP contribution in [0.5, 0.6) is 11.5 Å². The highest BCUT2D eigenvalue weighted by Gasteiger charge is 2.41. The lowest BCUT2D eigenvalue weighted by molar-refractivity contribution is -0.112. The number of aliphatic hydroxyl groups is 1. The standard InChI is InChI=1S/C28H34O4S/c1-3-33-26-21-28(30,19-9-10-20-32-24-12-5-4-6-13-24)25(27(26)29)14-8-7-11-22-15-17-23(31-2)18-16-22/h4-6,12-18,21,30H,3,7-11,19-20H2,1-2H3/b25-14+. The molecule has 0 saturated heterocycles. The van der Waals surface area contributed by atoms with Gasteiger partial charge in [0.15, 0.2) is 5.78 Å². The number of aryl methyl sites for hydroxylation is 1. The van der Waals surface area contributed by atoms with Crippen LogP contribution >= 0.6 is 11.8 Å². The number of benzene rings is 2. The first kappa shape index (κ1) is 25.1. The number of unbranched alkanes of at least 4 members (excludes halogenated alkanes) is 2. The van der Waals surface area contributed by atoms with Crippen molar-refractivity contribution in [2.45, 2.75) is 51.0 Å². The molecule has 0 amide bonds. The van der Waals surface area contributed by atoms with E-state index in [1.165, 1.54) is 17.3 Å². The van der Waals surface area contributed by atoms with Crippen molar-refractivity contribution in [1.29, 1.82) is 0 Å². The van der Waals surface area contributed by atoms with Crippen LogP contribution in [0.4, 0.5) is 0 Å². The molecule has 0 bridgehead atoms. The minimum Gasteiger partial charge on any atom is -0.497 e. The molecular formula is C28H34O4S. The molecule has 1 atom stereocenters. The van der Waals surface area contributed by atoms with E-state index in [2.05, 4.69) is 12.1 Å².